The Morgan fingerprint density at radius 1 is 1.50 bits per heavy atom. The summed E-state index contributed by atoms with van der Waals surface area (Å²) in [5.41, 5.74) is 4.87. The Labute approximate surface area is 101 Å². The number of amides is 2. The zero-order valence-corrected chi connectivity index (χ0v) is 9.69. The molecule has 2 heterocycles. The first kappa shape index (κ1) is 12.5. The molecule has 98 valence electrons. The summed E-state index contributed by atoms with van der Waals surface area (Å²) in [7, 11) is 1.52. The first-order valence-corrected chi connectivity index (χ1v) is 5.31. The Morgan fingerprint density at radius 2 is 2.17 bits per heavy atom. The van der Waals surface area contributed by atoms with Crippen molar-refractivity contribution in [2.75, 3.05) is 13.1 Å². The van der Waals surface area contributed by atoms with Crippen LogP contribution < -0.4 is 5.73 Å². The standard InChI is InChI=1S/C10H12F2N4O2/c1-15-4-6(8(13)17)7(14-15)9(18)16-3-2-10(11,12)5-16/h4H,2-3,5H2,1H3,(H2,13,17). The summed E-state index contributed by atoms with van der Waals surface area (Å²) in [6.45, 7) is -0.707. The summed E-state index contributed by atoms with van der Waals surface area (Å²) in [5, 5.41) is 3.80. The third-order valence-corrected chi connectivity index (χ3v) is 2.75. The van der Waals surface area contributed by atoms with Crippen molar-refractivity contribution < 1.29 is 18.4 Å². The van der Waals surface area contributed by atoms with Crippen LogP contribution in [0.5, 0.6) is 0 Å². The van der Waals surface area contributed by atoms with Gasteiger partial charge >= 0.3 is 0 Å². The number of aromatic nitrogens is 2. The summed E-state index contributed by atoms with van der Waals surface area (Å²) in [6, 6.07) is 0. The van der Waals surface area contributed by atoms with Crippen LogP contribution in [0.3, 0.4) is 0 Å². The van der Waals surface area contributed by atoms with Gasteiger partial charge in [-0.1, -0.05) is 0 Å². The molecule has 1 aliphatic rings. The molecule has 2 rings (SSSR count). The van der Waals surface area contributed by atoms with Crippen LogP contribution in [-0.4, -0.2) is 45.5 Å². The minimum atomic E-state index is -2.88. The van der Waals surface area contributed by atoms with Gasteiger partial charge in [-0.15, -0.1) is 0 Å². The van der Waals surface area contributed by atoms with Crippen LogP contribution in [0.2, 0.25) is 0 Å². The van der Waals surface area contributed by atoms with Crippen LogP contribution in [0.25, 0.3) is 0 Å². The van der Waals surface area contributed by atoms with Gasteiger partial charge in [-0.3, -0.25) is 14.3 Å². The molecule has 8 heteroatoms. The fraction of sp³-hybridized carbons (Fsp3) is 0.500. The molecule has 2 amide bonds. The molecule has 0 radical (unpaired) electrons. The van der Waals surface area contributed by atoms with E-state index < -0.39 is 24.3 Å². The number of hydrogen-bond acceptors (Lipinski definition) is 3. The molecule has 1 aromatic rings. The number of carbonyl (C=O) groups is 2. The van der Waals surface area contributed by atoms with Crippen LogP contribution in [0.4, 0.5) is 8.78 Å². The normalized spacial score (nSPS) is 18.1. The quantitative estimate of drug-likeness (QED) is 0.810. The highest BCUT2D eigenvalue weighted by atomic mass is 19.3. The third kappa shape index (κ3) is 2.18. The summed E-state index contributed by atoms with van der Waals surface area (Å²) < 4.78 is 27.3. The molecule has 1 fully saturated rings. The van der Waals surface area contributed by atoms with Gasteiger partial charge in [0.2, 0.25) is 0 Å². The predicted molar refractivity (Wildman–Crippen MR) is 57.2 cm³/mol. The molecule has 0 bridgehead atoms. The van der Waals surface area contributed by atoms with E-state index >= 15 is 0 Å². The SMILES string of the molecule is Cn1cc(C(N)=O)c(C(=O)N2CCC(F)(F)C2)n1. The summed E-state index contributed by atoms with van der Waals surface area (Å²) in [4.78, 5) is 24.1. The fourth-order valence-corrected chi connectivity index (χ4v) is 1.89. The summed E-state index contributed by atoms with van der Waals surface area (Å²) >= 11 is 0. The van der Waals surface area contributed by atoms with Gasteiger partial charge in [-0.05, 0) is 0 Å². The molecule has 0 aromatic carbocycles. The van der Waals surface area contributed by atoms with Crippen LogP contribution in [0.1, 0.15) is 27.3 Å². The number of carbonyl (C=O) groups excluding carboxylic acids is 2. The fourth-order valence-electron chi connectivity index (χ4n) is 1.89. The Balaban J connectivity index is 2.27. The van der Waals surface area contributed by atoms with Crippen molar-refractivity contribution in [1.82, 2.24) is 14.7 Å². The largest absolute Gasteiger partial charge is 0.365 e. The van der Waals surface area contributed by atoms with Crippen molar-refractivity contribution in [2.45, 2.75) is 12.3 Å². The highest BCUT2D eigenvalue weighted by molar-refractivity contribution is 6.05. The van der Waals surface area contributed by atoms with Crippen molar-refractivity contribution in [3.05, 3.63) is 17.5 Å². The molecular weight excluding hydrogens is 246 g/mol. The van der Waals surface area contributed by atoms with E-state index in [-0.39, 0.29) is 24.2 Å². The molecule has 0 spiro atoms. The van der Waals surface area contributed by atoms with E-state index in [9.17, 15) is 18.4 Å². The topological polar surface area (TPSA) is 81.2 Å². The van der Waals surface area contributed by atoms with Crippen molar-refractivity contribution in [1.29, 1.82) is 0 Å². The highest BCUT2D eigenvalue weighted by Gasteiger charge is 2.41. The zero-order valence-electron chi connectivity index (χ0n) is 9.69. The lowest BCUT2D eigenvalue weighted by atomic mass is 10.2. The number of halogens is 2. The minimum absolute atomic E-state index is 0.0550. The van der Waals surface area contributed by atoms with Gasteiger partial charge < -0.3 is 10.6 Å². The Bertz CT molecular complexity index is 512. The van der Waals surface area contributed by atoms with Gasteiger partial charge in [-0.25, -0.2) is 8.78 Å². The van der Waals surface area contributed by atoms with Crippen molar-refractivity contribution in [2.24, 2.45) is 12.8 Å². The molecule has 0 unspecified atom stereocenters. The van der Waals surface area contributed by atoms with E-state index in [1.54, 1.807) is 0 Å². The van der Waals surface area contributed by atoms with Gasteiger partial charge in [0, 0.05) is 26.2 Å². The molecule has 6 nitrogen and oxygen atoms in total. The molecule has 18 heavy (non-hydrogen) atoms. The number of hydrogen-bond donors (Lipinski definition) is 1. The Kier molecular flexibility index (Phi) is 2.80. The first-order chi connectivity index (χ1) is 8.30. The van der Waals surface area contributed by atoms with Gasteiger partial charge in [0.1, 0.15) is 0 Å². The van der Waals surface area contributed by atoms with Crippen molar-refractivity contribution in [3.8, 4) is 0 Å². The number of nitrogens with zero attached hydrogens (tertiary/aromatic N) is 3. The lowest BCUT2D eigenvalue weighted by Crippen LogP contribution is -2.33. The molecule has 1 saturated heterocycles. The number of aryl methyl sites for hydroxylation is 1. The predicted octanol–water partition coefficient (Wildman–Crippen LogP) is 0.000200. The highest BCUT2D eigenvalue weighted by Crippen LogP contribution is 2.28. The van der Waals surface area contributed by atoms with Crippen LogP contribution >= 0.6 is 0 Å². The van der Waals surface area contributed by atoms with Crippen LogP contribution in [0.15, 0.2) is 6.20 Å². The van der Waals surface area contributed by atoms with Gasteiger partial charge in [0.05, 0.1) is 12.1 Å². The lowest BCUT2D eigenvalue weighted by Gasteiger charge is -2.14. The van der Waals surface area contributed by atoms with E-state index in [1.807, 2.05) is 0 Å². The third-order valence-electron chi connectivity index (χ3n) is 2.75. The molecule has 1 aromatic heterocycles. The second kappa shape index (κ2) is 4.04. The monoisotopic (exact) mass is 258 g/mol. The van der Waals surface area contributed by atoms with E-state index in [4.69, 9.17) is 5.73 Å². The Morgan fingerprint density at radius 3 is 2.67 bits per heavy atom. The lowest BCUT2D eigenvalue weighted by molar-refractivity contribution is 0.0119. The maximum absolute atomic E-state index is 13.0. The number of likely N-dealkylation sites (tertiary alicyclic amines) is 1. The average Bonchev–Trinajstić information content (AvgIpc) is 2.80. The van der Waals surface area contributed by atoms with Crippen molar-refractivity contribution in [3.63, 3.8) is 0 Å². The number of nitrogens with two attached hydrogens (primary N) is 1. The first-order valence-electron chi connectivity index (χ1n) is 5.31. The van der Waals surface area contributed by atoms with Gasteiger partial charge in [0.25, 0.3) is 17.7 Å². The molecular formula is C10H12F2N4O2. The number of rotatable bonds is 2. The molecule has 0 aliphatic carbocycles. The van der Waals surface area contributed by atoms with E-state index in [2.05, 4.69) is 5.10 Å². The van der Waals surface area contributed by atoms with Gasteiger partial charge in [-0.2, -0.15) is 5.10 Å². The van der Waals surface area contributed by atoms with Crippen LogP contribution in [0, 0.1) is 0 Å². The molecule has 2 N–H and O–H groups in total. The minimum Gasteiger partial charge on any atom is -0.365 e. The number of primary amides is 1. The van der Waals surface area contributed by atoms with E-state index in [1.165, 1.54) is 17.9 Å². The maximum atomic E-state index is 13.0. The summed E-state index contributed by atoms with van der Waals surface area (Å²) in [6.07, 6.45) is 0.918. The summed E-state index contributed by atoms with van der Waals surface area (Å²) in [5.74, 6) is -4.38. The molecule has 1 aliphatic heterocycles. The van der Waals surface area contributed by atoms with Gasteiger partial charge in [0.15, 0.2) is 5.69 Å². The molecule has 0 saturated carbocycles. The van der Waals surface area contributed by atoms with E-state index in [0.29, 0.717) is 0 Å². The van der Waals surface area contributed by atoms with Crippen LogP contribution in [-0.2, 0) is 7.05 Å². The zero-order chi connectivity index (χ0) is 13.5. The maximum Gasteiger partial charge on any atom is 0.275 e. The second-order valence-electron chi connectivity index (χ2n) is 4.26. The number of alkyl halides is 2. The van der Waals surface area contributed by atoms with E-state index in [0.717, 1.165) is 4.90 Å². The Hall–Kier alpha value is -1.99. The second-order valence-corrected chi connectivity index (χ2v) is 4.26. The average molecular weight is 258 g/mol. The molecule has 0 atom stereocenters. The smallest absolute Gasteiger partial charge is 0.275 e. The van der Waals surface area contributed by atoms with Crippen molar-refractivity contribution >= 4 is 11.8 Å².